The zero-order chi connectivity index (χ0) is 17.0. The number of hydrogen-bond acceptors (Lipinski definition) is 3. The summed E-state index contributed by atoms with van der Waals surface area (Å²) in [5.74, 6) is 1.75. The first-order chi connectivity index (χ1) is 12.2. The van der Waals surface area contributed by atoms with Crippen molar-refractivity contribution >= 4 is 18.3 Å². The lowest BCUT2D eigenvalue weighted by atomic mass is 9.89. The zero-order valence-corrected chi connectivity index (χ0v) is 15.8. The highest BCUT2D eigenvalue weighted by Crippen LogP contribution is 2.44. The van der Waals surface area contributed by atoms with Crippen molar-refractivity contribution in [1.82, 2.24) is 20.0 Å². The van der Waals surface area contributed by atoms with Crippen LogP contribution < -0.4 is 5.32 Å². The van der Waals surface area contributed by atoms with Crippen LogP contribution in [0.5, 0.6) is 0 Å². The molecule has 3 aliphatic rings. The molecular weight excluding hydrogens is 348 g/mol. The van der Waals surface area contributed by atoms with Crippen molar-refractivity contribution in [3.8, 4) is 0 Å². The van der Waals surface area contributed by atoms with Crippen molar-refractivity contribution in [1.29, 1.82) is 0 Å². The third kappa shape index (κ3) is 2.83. The summed E-state index contributed by atoms with van der Waals surface area (Å²) in [6.45, 7) is 2.84. The van der Waals surface area contributed by atoms with Crippen molar-refractivity contribution in [3.63, 3.8) is 0 Å². The summed E-state index contributed by atoms with van der Waals surface area (Å²) < 4.78 is 1.78. The minimum absolute atomic E-state index is 0. The number of benzene rings is 1. The molecule has 0 unspecified atom stereocenters. The first-order valence-electron chi connectivity index (χ1n) is 9.33. The molecule has 5 rings (SSSR count). The van der Waals surface area contributed by atoms with E-state index in [0.717, 1.165) is 31.0 Å². The van der Waals surface area contributed by atoms with Crippen LogP contribution in [0.25, 0.3) is 0 Å². The molecule has 26 heavy (non-hydrogen) atoms. The minimum atomic E-state index is 0. The summed E-state index contributed by atoms with van der Waals surface area (Å²) in [7, 11) is 1.90. The van der Waals surface area contributed by atoms with Gasteiger partial charge < -0.3 is 10.2 Å². The summed E-state index contributed by atoms with van der Waals surface area (Å²) in [5, 5.41) is 8.10. The number of nitrogens with one attached hydrogen (secondary N) is 1. The van der Waals surface area contributed by atoms with E-state index in [0.29, 0.717) is 17.8 Å². The Morgan fingerprint density at radius 1 is 1.19 bits per heavy atom. The van der Waals surface area contributed by atoms with Gasteiger partial charge in [-0.05, 0) is 30.4 Å². The number of fused-ring (bicyclic) bond motifs is 1. The third-order valence-corrected chi connectivity index (χ3v) is 6.08. The molecule has 1 aliphatic carbocycles. The number of aromatic nitrogens is 2. The standard InChI is InChI=1S/C20H24N4O.ClH/c1-23-18(9-17(22-23)13-7-8-13)20(25)24-12-15-10-21-11-16(15)19(24)14-5-3-2-4-6-14;/h2-6,9,13,15-16,19,21H,7-8,10-12H2,1H3;1H/t15-,16-,19+;/m0./s1. The summed E-state index contributed by atoms with van der Waals surface area (Å²) in [6.07, 6.45) is 2.41. The first-order valence-corrected chi connectivity index (χ1v) is 9.33. The van der Waals surface area contributed by atoms with Crippen LogP contribution in [-0.4, -0.2) is 40.2 Å². The van der Waals surface area contributed by atoms with Crippen molar-refractivity contribution in [3.05, 3.63) is 53.3 Å². The van der Waals surface area contributed by atoms with E-state index in [1.165, 1.54) is 18.4 Å². The fourth-order valence-corrected chi connectivity index (χ4v) is 4.62. The molecule has 2 aliphatic heterocycles. The third-order valence-electron chi connectivity index (χ3n) is 6.08. The predicted molar refractivity (Wildman–Crippen MR) is 103 cm³/mol. The summed E-state index contributed by atoms with van der Waals surface area (Å²) in [5.41, 5.74) is 3.07. The van der Waals surface area contributed by atoms with Gasteiger partial charge in [-0.15, -0.1) is 12.4 Å². The van der Waals surface area contributed by atoms with E-state index in [-0.39, 0.29) is 24.4 Å². The maximum absolute atomic E-state index is 13.4. The largest absolute Gasteiger partial charge is 0.330 e. The number of carbonyl (C=O) groups is 1. The average molecular weight is 373 g/mol. The Kier molecular flexibility index (Phi) is 4.53. The molecule has 138 valence electrons. The number of nitrogens with zero attached hydrogens (tertiary/aromatic N) is 3. The van der Waals surface area contributed by atoms with Gasteiger partial charge in [0.2, 0.25) is 0 Å². The van der Waals surface area contributed by atoms with E-state index in [1.807, 2.05) is 19.2 Å². The van der Waals surface area contributed by atoms with Gasteiger partial charge in [0.05, 0.1) is 11.7 Å². The molecule has 0 radical (unpaired) electrons. The van der Waals surface area contributed by atoms with E-state index < -0.39 is 0 Å². The Bertz CT molecular complexity index is 801. The lowest BCUT2D eigenvalue weighted by molar-refractivity contribution is 0.0703. The minimum Gasteiger partial charge on any atom is -0.330 e. The van der Waals surface area contributed by atoms with Gasteiger partial charge in [-0.2, -0.15) is 5.10 Å². The molecule has 1 amide bonds. The Balaban J connectivity index is 0.00000168. The van der Waals surface area contributed by atoms with Crippen LogP contribution in [0.2, 0.25) is 0 Å². The highest BCUT2D eigenvalue weighted by molar-refractivity contribution is 5.93. The van der Waals surface area contributed by atoms with Gasteiger partial charge in [-0.1, -0.05) is 30.3 Å². The van der Waals surface area contributed by atoms with Crippen molar-refractivity contribution in [2.24, 2.45) is 18.9 Å². The van der Waals surface area contributed by atoms with Crippen molar-refractivity contribution in [2.75, 3.05) is 19.6 Å². The first kappa shape index (κ1) is 17.6. The summed E-state index contributed by atoms with van der Waals surface area (Å²) in [4.78, 5) is 15.5. The molecule has 1 saturated carbocycles. The maximum atomic E-state index is 13.4. The molecule has 3 heterocycles. The Morgan fingerprint density at radius 2 is 1.96 bits per heavy atom. The highest BCUT2D eigenvalue weighted by atomic mass is 35.5. The Labute approximate surface area is 160 Å². The van der Waals surface area contributed by atoms with Crippen LogP contribution in [0.15, 0.2) is 36.4 Å². The van der Waals surface area contributed by atoms with Crippen molar-refractivity contribution < 1.29 is 4.79 Å². The number of halogens is 1. The molecule has 1 aromatic heterocycles. The molecule has 2 saturated heterocycles. The van der Waals surface area contributed by atoms with Crippen molar-refractivity contribution in [2.45, 2.75) is 24.8 Å². The van der Waals surface area contributed by atoms with Crippen LogP contribution in [0, 0.1) is 11.8 Å². The number of aryl methyl sites for hydroxylation is 1. The smallest absolute Gasteiger partial charge is 0.272 e. The maximum Gasteiger partial charge on any atom is 0.272 e. The second-order valence-electron chi connectivity index (χ2n) is 7.75. The number of hydrogen-bond donors (Lipinski definition) is 1. The molecule has 5 nitrogen and oxygen atoms in total. The second-order valence-corrected chi connectivity index (χ2v) is 7.75. The molecule has 3 fully saturated rings. The fraction of sp³-hybridized carbons (Fsp3) is 0.500. The molecule has 1 aromatic carbocycles. The molecule has 0 spiro atoms. The number of carbonyl (C=O) groups excluding carboxylic acids is 1. The van der Waals surface area contributed by atoms with Crippen LogP contribution >= 0.6 is 12.4 Å². The Morgan fingerprint density at radius 3 is 2.69 bits per heavy atom. The SMILES string of the molecule is Cl.Cn1nc(C2CC2)cc1C(=O)N1C[C@@H]2CNC[C@@H]2[C@H]1c1ccccc1. The predicted octanol–water partition coefficient (Wildman–Crippen LogP) is 2.75. The lowest BCUT2D eigenvalue weighted by Gasteiger charge is -2.28. The molecule has 3 atom stereocenters. The zero-order valence-electron chi connectivity index (χ0n) is 15.0. The van der Waals surface area contributed by atoms with E-state index in [4.69, 9.17) is 0 Å². The van der Waals surface area contributed by atoms with E-state index in [1.54, 1.807) is 4.68 Å². The molecule has 6 heteroatoms. The fourth-order valence-electron chi connectivity index (χ4n) is 4.62. The van der Waals surface area contributed by atoms with E-state index in [9.17, 15) is 4.79 Å². The number of amides is 1. The van der Waals surface area contributed by atoms with Gasteiger partial charge in [-0.25, -0.2) is 0 Å². The van der Waals surface area contributed by atoms with Gasteiger partial charge in [0.25, 0.3) is 5.91 Å². The lowest BCUT2D eigenvalue weighted by Crippen LogP contribution is -2.35. The van der Waals surface area contributed by atoms with Gasteiger partial charge in [-0.3, -0.25) is 9.48 Å². The quantitative estimate of drug-likeness (QED) is 0.901. The monoisotopic (exact) mass is 372 g/mol. The average Bonchev–Trinajstić information content (AvgIpc) is 3.09. The molecule has 0 bridgehead atoms. The highest BCUT2D eigenvalue weighted by Gasteiger charge is 2.47. The molecule has 1 N–H and O–H groups in total. The van der Waals surface area contributed by atoms with Crippen LogP contribution in [0.4, 0.5) is 0 Å². The Hall–Kier alpha value is -1.85. The van der Waals surface area contributed by atoms with E-state index >= 15 is 0 Å². The van der Waals surface area contributed by atoms with Gasteiger partial charge in [0, 0.05) is 38.5 Å². The molecular formula is C20H25ClN4O. The van der Waals surface area contributed by atoms with Gasteiger partial charge >= 0.3 is 0 Å². The molecule has 2 aromatic rings. The van der Waals surface area contributed by atoms with Crippen LogP contribution in [0.3, 0.4) is 0 Å². The normalized spacial score (nSPS) is 27.3. The topological polar surface area (TPSA) is 50.2 Å². The van der Waals surface area contributed by atoms with Gasteiger partial charge in [0.1, 0.15) is 5.69 Å². The second kappa shape index (κ2) is 6.71. The van der Waals surface area contributed by atoms with Crippen LogP contribution in [0.1, 0.15) is 46.5 Å². The number of rotatable bonds is 3. The number of likely N-dealkylation sites (tertiary alicyclic amines) is 1. The van der Waals surface area contributed by atoms with Crippen LogP contribution in [-0.2, 0) is 7.05 Å². The van der Waals surface area contributed by atoms with Gasteiger partial charge in [0.15, 0.2) is 0 Å². The summed E-state index contributed by atoms with van der Waals surface area (Å²) >= 11 is 0. The van der Waals surface area contributed by atoms with E-state index in [2.05, 4.69) is 39.6 Å². The summed E-state index contributed by atoms with van der Waals surface area (Å²) in [6, 6.07) is 12.7.